The number of hydrogen-bond acceptors (Lipinski definition) is 4. The largest absolute Gasteiger partial charge is 0.371 e. The third-order valence-electron chi connectivity index (χ3n) is 4.97. The first-order valence-electron chi connectivity index (χ1n) is 9.44. The second kappa shape index (κ2) is 8.86. The van der Waals surface area contributed by atoms with Crippen LogP contribution in [0.2, 0.25) is 0 Å². The molecular formula is C19H31N3O3S. The van der Waals surface area contributed by atoms with Gasteiger partial charge in [0.15, 0.2) is 0 Å². The van der Waals surface area contributed by atoms with Crippen molar-refractivity contribution in [2.75, 3.05) is 31.1 Å². The normalized spacial score (nSPS) is 16.1. The highest BCUT2D eigenvalue weighted by Gasteiger charge is 2.27. The molecule has 1 fully saturated rings. The van der Waals surface area contributed by atoms with Gasteiger partial charge in [-0.05, 0) is 52.7 Å². The standard InChI is InChI=1S/C19H31N3O3S/c1-5-21(6-2)19(23)17-9-7-8-10-18(17)22-13-11-16(12-14-22)20-26(24,25)15(3)4/h7-10,15-16,20H,5-6,11-14H2,1-4H3. The lowest BCUT2D eigenvalue weighted by Crippen LogP contribution is -2.46. The number of hydrogen-bond donors (Lipinski definition) is 1. The minimum absolute atomic E-state index is 0.0377. The van der Waals surface area contributed by atoms with E-state index in [2.05, 4.69) is 9.62 Å². The molecule has 2 rings (SSSR count). The fraction of sp³-hybridized carbons (Fsp3) is 0.632. The van der Waals surface area contributed by atoms with Crippen LogP contribution in [0.5, 0.6) is 0 Å². The van der Waals surface area contributed by atoms with Crippen LogP contribution in [0.25, 0.3) is 0 Å². The van der Waals surface area contributed by atoms with E-state index in [1.807, 2.05) is 43.0 Å². The number of nitrogens with zero attached hydrogens (tertiary/aromatic N) is 2. The van der Waals surface area contributed by atoms with Crippen LogP contribution in [-0.4, -0.2) is 56.7 Å². The van der Waals surface area contributed by atoms with Crippen LogP contribution >= 0.6 is 0 Å². The lowest BCUT2D eigenvalue weighted by Gasteiger charge is -2.35. The molecule has 1 amide bonds. The van der Waals surface area contributed by atoms with E-state index in [1.54, 1.807) is 13.8 Å². The Balaban J connectivity index is 2.09. The molecule has 146 valence electrons. The van der Waals surface area contributed by atoms with Gasteiger partial charge in [-0.2, -0.15) is 0 Å². The van der Waals surface area contributed by atoms with Crippen LogP contribution in [0.15, 0.2) is 24.3 Å². The summed E-state index contributed by atoms with van der Waals surface area (Å²) in [5, 5.41) is -0.423. The number of carbonyl (C=O) groups excluding carboxylic acids is 1. The van der Waals surface area contributed by atoms with E-state index in [0.29, 0.717) is 13.1 Å². The minimum atomic E-state index is -3.25. The first kappa shape index (κ1) is 20.7. The van der Waals surface area contributed by atoms with Crippen LogP contribution in [0, 0.1) is 0 Å². The van der Waals surface area contributed by atoms with Gasteiger partial charge in [-0.1, -0.05) is 12.1 Å². The van der Waals surface area contributed by atoms with Gasteiger partial charge < -0.3 is 9.80 Å². The highest BCUT2D eigenvalue weighted by Crippen LogP contribution is 2.25. The summed E-state index contributed by atoms with van der Waals surface area (Å²) in [6, 6.07) is 7.66. The first-order chi connectivity index (χ1) is 12.3. The molecule has 0 spiro atoms. The Morgan fingerprint density at radius 2 is 1.77 bits per heavy atom. The molecule has 26 heavy (non-hydrogen) atoms. The molecule has 0 aromatic heterocycles. The number of benzene rings is 1. The van der Waals surface area contributed by atoms with Crippen LogP contribution in [0.3, 0.4) is 0 Å². The number of piperidine rings is 1. The van der Waals surface area contributed by atoms with Gasteiger partial charge in [0.05, 0.1) is 10.8 Å². The number of para-hydroxylation sites is 1. The van der Waals surface area contributed by atoms with Gasteiger partial charge in [0, 0.05) is 37.9 Å². The molecule has 1 saturated heterocycles. The molecule has 1 aliphatic rings. The molecule has 7 heteroatoms. The fourth-order valence-electron chi connectivity index (χ4n) is 3.22. The van der Waals surface area contributed by atoms with Crippen molar-refractivity contribution >= 4 is 21.6 Å². The molecule has 1 heterocycles. The highest BCUT2D eigenvalue weighted by molar-refractivity contribution is 7.90. The van der Waals surface area contributed by atoms with Gasteiger partial charge in [-0.25, -0.2) is 13.1 Å². The van der Waals surface area contributed by atoms with Gasteiger partial charge in [-0.15, -0.1) is 0 Å². The smallest absolute Gasteiger partial charge is 0.255 e. The maximum absolute atomic E-state index is 12.8. The molecule has 0 unspecified atom stereocenters. The molecule has 1 aliphatic heterocycles. The van der Waals surface area contributed by atoms with Crippen molar-refractivity contribution in [3.63, 3.8) is 0 Å². The van der Waals surface area contributed by atoms with Crippen molar-refractivity contribution in [3.05, 3.63) is 29.8 Å². The molecule has 1 N–H and O–H groups in total. The Morgan fingerprint density at radius 1 is 1.19 bits per heavy atom. The number of anilines is 1. The molecule has 0 saturated carbocycles. The Kier molecular flexibility index (Phi) is 7.06. The topological polar surface area (TPSA) is 69.7 Å². The third-order valence-corrected chi connectivity index (χ3v) is 6.88. The predicted octanol–water partition coefficient (Wildman–Crippen LogP) is 2.47. The van der Waals surface area contributed by atoms with E-state index in [0.717, 1.165) is 37.2 Å². The van der Waals surface area contributed by atoms with Crippen LogP contribution in [-0.2, 0) is 10.0 Å². The van der Waals surface area contributed by atoms with Crippen molar-refractivity contribution in [1.82, 2.24) is 9.62 Å². The molecule has 0 bridgehead atoms. The van der Waals surface area contributed by atoms with Crippen molar-refractivity contribution in [1.29, 1.82) is 0 Å². The van der Waals surface area contributed by atoms with Gasteiger partial charge >= 0.3 is 0 Å². The maximum Gasteiger partial charge on any atom is 0.255 e. The van der Waals surface area contributed by atoms with Gasteiger partial charge in [0.2, 0.25) is 10.0 Å². The summed E-state index contributed by atoms with van der Waals surface area (Å²) in [4.78, 5) is 16.8. The van der Waals surface area contributed by atoms with Crippen molar-refractivity contribution in [3.8, 4) is 0 Å². The summed E-state index contributed by atoms with van der Waals surface area (Å²) in [5.74, 6) is 0.0493. The van der Waals surface area contributed by atoms with Gasteiger partial charge in [-0.3, -0.25) is 4.79 Å². The number of rotatable bonds is 7. The average Bonchev–Trinajstić information content (AvgIpc) is 2.63. The first-order valence-corrected chi connectivity index (χ1v) is 11.0. The fourth-order valence-corrected chi connectivity index (χ4v) is 4.19. The molecule has 0 aliphatic carbocycles. The van der Waals surface area contributed by atoms with Crippen LogP contribution < -0.4 is 9.62 Å². The SMILES string of the molecule is CCN(CC)C(=O)c1ccccc1N1CCC(NS(=O)(=O)C(C)C)CC1. The van der Waals surface area contributed by atoms with Gasteiger partial charge in [0.25, 0.3) is 5.91 Å². The van der Waals surface area contributed by atoms with E-state index in [9.17, 15) is 13.2 Å². The van der Waals surface area contributed by atoms with Crippen LogP contribution in [0.4, 0.5) is 5.69 Å². The lowest BCUT2D eigenvalue weighted by molar-refractivity contribution is 0.0773. The Morgan fingerprint density at radius 3 is 2.31 bits per heavy atom. The summed E-state index contributed by atoms with van der Waals surface area (Å²) in [6.45, 7) is 10.2. The highest BCUT2D eigenvalue weighted by atomic mass is 32.2. The van der Waals surface area contributed by atoms with Crippen molar-refractivity contribution in [2.45, 2.75) is 51.8 Å². The van der Waals surface area contributed by atoms with Crippen molar-refractivity contribution in [2.24, 2.45) is 0 Å². The zero-order chi connectivity index (χ0) is 19.3. The third kappa shape index (κ3) is 4.76. The number of sulfonamides is 1. The Labute approximate surface area is 157 Å². The van der Waals surface area contributed by atoms with Gasteiger partial charge in [0.1, 0.15) is 0 Å². The molecule has 6 nitrogen and oxygen atoms in total. The predicted molar refractivity (Wildman–Crippen MR) is 106 cm³/mol. The molecule has 0 atom stereocenters. The molecule has 0 radical (unpaired) electrons. The van der Waals surface area contributed by atoms with Crippen molar-refractivity contribution < 1.29 is 13.2 Å². The Hall–Kier alpha value is -1.60. The number of amides is 1. The molecule has 1 aromatic rings. The average molecular weight is 382 g/mol. The second-order valence-corrected chi connectivity index (χ2v) is 9.24. The molecule has 1 aromatic carbocycles. The molecular weight excluding hydrogens is 350 g/mol. The zero-order valence-electron chi connectivity index (χ0n) is 16.2. The lowest BCUT2D eigenvalue weighted by atomic mass is 10.0. The summed E-state index contributed by atoms with van der Waals surface area (Å²) in [6.07, 6.45) is 1.47. The zero-order valence-corrected chi connectivity index (χ0v) is 17.1. The summed E-state index contributed by atoms with van der Waals surface area (Å²) >= 11 is 0. The second-order valence-electron chi connectivity index (χ2n) is 6.97. The quantitative estimate of drug-likeness (QED) is 0.788. The van der Waals surface area contributed by atoms with Crippen LogP contribution in [0.1, 0.15) is 50.9 Å². The van der Waals surface area contributed by atoms with E-state index in [4.69, 9.17) is 0 Å². The summed E-state index contributed by atoms with van der Waals surface area (Å²) in [5.41, 5.74) is 1.66. The van der Waals surface area contributed by atoms with E-state index in [-0.39, 0.29) is 11.9 Å². The monoisotopic (exact) mass is 381 g/mol. The van der Waals surface area contributed by atoms with E-state index < -0.39 is 15.3 Å². The summed E-state index contributed by atoms with van der Waals surface area (Å²) in [7, 11) is -3.25. The van der Waals surface area contributed by atoms with E-state index in [1.165, 1.54) is 0 Å². The minimum Gasteiger partial charge on any atom is -0.371 e. The summed E-state index contributed by atoms with van der Waals surface area (Å²) < 4.78 is 26.9. The maximum atomic E-state index is 12.8. The number of carbonyl (C=O) groups is 1. The number of nitrogens with one attached hydrogen (secondary N) is 1. The van der Waals surface area contributed by atoms with E-state index >= 15 is 0 Å². The Bertz CT molecular complexity index is 706.